The number of carbonyl (C=O) groups excluding carboxylic acids is 1. The van der Waals surface area contributed by atoms with Gasteiger partial charge in [-0.05, 0) is 37.3 Å². The normalized spacial score (nSPS) is 18.4. The van der Waals surface area contributed by atoms with E-state index in [1.807, 2.05) is 12.1 Å². The van der Waals surface area contributed by atoms with Gasteiger partial charge in [0.15, 0.2) is 0 Å². The minimum absolute atomic E-state index is 0.0219. The van der Waals surface area contributed by atoms with Crippen LogP contribution in [0.3, 0.4) is 0 Å². The number of hydrogen-bond donors (Lipinski definition) is 2. The average Bonchev–Trinajstić information content (AvgIpc) is 3.13. The second-order valence-corrected chi connectivity index (χ2v) is 9.49. The topological polar surface area (TPSA) is 65.0 Å². The summed E-state index contributed by atoms with van der Waals surface area (Å²) in [6, 6.07) is 8.31. The fourth-order valence-corrected chi connectivity index (χ4v) is 6.31. The first-order valence-corrected chi connectivity index (χ1v) is 12.1. The highest BCUT2D eigenvalue weighted by Gasteiger charge is 2.34. The number of anilines is 1. The van der Waals surface area contributed by atoms with Crippen molar-refractivity contribution in [3.63, 3.8) is 0 Å². The third-order valence-electron chi connectivity index (χ3n) is 6.40. The number of hydrogen-bond acceptors (Lipinski definition) is 6. The molecule has 0 unspecified atom stereocenters. The molecule has 2 N–H and O–H groups in total. The van der Waals surface area contributed by atoms with E-state index in [0.29, 0.717) is 0 Å². The number of methoxy groups -OCH3 is 1. The maximum Gasteiger partial charge on any atom is 0.221 e. The van der Waals surface area contributed by atoms with E-state index in [9.17, 15) is 9.90 Å². The van der Waals surface area contributed by atoms with Crippen molar-refractivity contribution in [2.45, 2.75) is 38.6 Å². The number of ether oxygens (including phenoxy) is 1. The highest BCUT2D eigenvalue weighted by molar-refractivity contribution is 7.16. The Bertz CT molecular complexity index is 905. The van der Waals surface area contributed by atoms with Crippen LogP contribution in [-0.2, 0) is 17.6 Å². The maximum absolute atomic E-state index is 12.1. The molecule has 6 nitrogen and oxygen atoms in total. The molecule has 0 spiro atoms. The summed E-state index contributed by atoms with van der Waals surface area (Å²) in [6.45, 7) is 6.18. The van der Waals surface area contributed by atoms with E-state index in [1.165, 1.54) is 28.8 Å². The molecule has 1 aliphatic heterocycles. The van der Waals surface area contributed by atoms with E-state index >= 15 is 0 Å². The van der Waals surface area contributed by atoms with Gasteiger partial charge in [-0.2, -0.15) is 0 Å². The van der Waals surface area contributed by atoms with Gasteiger partial charge in [0.2, 0.25) is 5.91 Å². The lowest BCUT2D eigenvalue weighted by Gasteiger charge is -2.40. The molecule has 1 atom stereocenters. The summed E-state index contributed by atoms with van der Waals surface area (Å²) in [6.07, 6.45) is 4.57. The number of para-hydroxylation sites is 1. The molecule has 31 heavy (non-hydrogen) atoms. The first-order valence-electron chi connectivity index (χ1n) is 11.2. The van der Waals surface area contributed by atoms with Crippen LogP contribution in [0.25, 0.3) is 0 Å². The van der Waals surface area contributed by atoms with Gasteiger partial charge in [0, 0.05) is 55.7 Å². The summed E-state index contributed by atoms with van der Waals surface area (Å²) in [5.41, 5.74) is 3.84. The van der Waals surface area contributed by atoms with E-state index in [4.69, 9.17) is 4.74 Å². The SMILES string of the molecule is COc1ccccc1[C@H](c1c(NC(C)=O)sc2c1CCCC2)N1CCN(CCO)CC1. The second kappa shape index (κ2) is 10.1. The van der Waals surface area contributed by atoms with Crippen molar-refractivity contribution < 1.29 is 14.6 Å². The molecule has 0 radical (unpaired) electrons. The van der Waals surface area contributed by atoms with Crippen LogP contribution in [0.1, 0.15) is 47.4 Å². The molecule has 1 amide bonds. The summed E-state index contributed by atoms with van der Waals surface area (Å²) >= 11 is 1.76. The zero-order chi connectivity index (χ0) is 21.8. The number of amides is 1. The van der Waals surface area contributed by atoms with Crippen LogP contribution in [0, 0.1) is 0 Å². The van der Waals surface area contributed by atoms with Crippen LogP contribution >= 0.6 is 11.3 Å². The molecule has 168 valence electrons. The van der Waals surface area contributed by atoms with Gasteiger partial charge in [-0.1, -0.05) is 18.2 Å². The molecule has 1 aromatic heterocycles. The van der Waals surface area contributed by atoms with Crippen LogP contribution in [-0.4, -0.2) is 67.3 Å². The van der Waals surface area contributed by atoms with Gasteiger partial charge in [-0.15, -0.1) is 11.3 Å². The summed E-state index contributed by atoms with van der Waals surface area (Å²) < 4.78 is 5.79. The second-order valence-electron chi connectivity index (χ2n) is 8.38. The molecule has 4 rings (SSSR count). The Morgan fingerprint density at radius 2 is 1.94 bits per heavy atom. The zero-order valence-corrected chi connectivity index (χ0v) is 19.3. The number of β-amino-alcohol motifs (C(OH)–C–C–N with tert-alkyl or cyclic N) is 1. The van der Waals surface area contributed by atoms with Crippen LogP contribution in [0.5, 0.6) is 5.75 Å². The minimum Gasteiger partial charge on any atom is -0.496 e. The van der Waals surface area contributed by atoms with Gasteiger partial charge >= 0.3 is 0 Å². The number of benzene rings is 1. The molecule has 2 aromatic rings. The predicted molar refractivity (Wildman–Crippen MR) is 125 cm³/mol. The zero-order valence-electron chi connectivity index (χ0n) is 18.5. The van der Waals surface area contributed by atoms with Crippen molar-refractivity contribution in [3.05, 3.63) is 45.8 Å². The van der Waals surface area contributed by atoms with Gasteiger partial charge < -0.3 is 15.2 Å². The fraction of sp³-hybridized carbons (Fsp3) is 0.542. The van der Waals surface area contributed by atoms with Crippen molar-refractivity contribution in [1.82, 2.24) is 9.80 Å². The molecular weight excluding hydrogens is 410 g/mol. The van der Waals surface area contributed by atoms with Crippen LogP contribution in [0.15, 0.2) is 24.3 Å². The average molecular weight is 444 g/mol. The third-order valence-corrected chi connectivity index (χ3v) is 7.62. The number of piperazine rings is 1. The maximum atomic E-state index is 12.1. The van der Waals surface area contributed by atoms with Gasteiger partial charge in [-0.25, -0.2) is 0 Å². The van der Waals surface area contributed by atoms with Gasteiger partial charge in [0.05, 0.1) is 19.8 Å². The first-order chi connectivity index (χ1) is 15.1. The summed E-state index contributed by atoms with van der Waals surface area (Å²) in [7, 11) is 1.73. The molecule has 7 heteroatoms. The molecule has 1 aliphatic carbocycles. The van der Waals surface area contributed by atoms with Crippen molar-refractivity contribution in [1.29, 1.82) is 0 Å². The Morgan fingerprint density at radius 1 is 1.19 bits per heavy atom. The quantitative estimate of drug-likeness (QED) is 0.688. The van der Waals surface area contributed by atoms with E-state index in [1.54, 1.807) is 25.4 Å². The molecule has 0 saturated carbocycles. The lowest BCUT2D eigenvalue weighted by molar-refractivity contribution is -0.114. The van der Waals surface area contributed by atoms with Crippen molar-refractivity contribution in [3.8, 4) is 5.75 Å². The monoisotopic (exact) mass is 443 g/mol. The summed E-state index contributed by atoms with van der Waals surface area (Å²) in [5.74, 6) is 0.862. The number of aliphatic hydroxyl groups is 1. The molecule has 1 saturated heterocycles. The number of aryl methyl sites for hydroxylation is 1. The van der Waals surface area contributed by atoms with Crippen LogP contribution in [0.4, 0.5) is 5.00 Å². The molecule has 2 aliphatic rings. The summed E-state index contributed by atoms with van der Waals surface area (Å²) in [5, 5.41) is 13.5. The third kappa shape index (κ3) is 4.80. The number of nitrogens with zero attached hydrogens (tertiary/aromatic N) is 2. The lowest BCUT2D eigenvalue weighted by Crippen LogP contribution is -2.48. The van der Waals surface area contributed by atoms with E-state index in [2.05, 4.69) is 27.2 Å². The molecule has 0 bridgehead atoms. The molecular formula is C24H33N3O3S. The number of carbonyl (C=O) groups is 1. The highest BCUT2D eigenvalue weighted by Crippen LogP contribution is 2.47. The first kappa shape index (κ1) is 22.3. The van der Waals surface area contributed by atoms with Crippen molar-refractivity contribution in [2.75, 3.05) is 51.8 Å². The Morgan fingerprint density at radius 3 is 2.65 bits per heavy atom. The van der Waals surface area contributed by atoms with Gasteiger partial charge in [0.25, 0.3) is 0 Å². The van der Waals surface area contributed by atoms with Crippen LogP contribution < -0.4 is 10.1 Å². The molecule has 2 heterocycles. The van der Waals surface area contributed by atoms with Crippen molar-refractivity contribution >= 4 is 22.2 Å². The van der Waals surface area contributed by atoms with E-state index in [0.717, 1.165) is 61.9 Å². The van der Waals surface area contributed by atoms with E-state index in [-0.39, 0.29) is 18.6 Å². The predicted octanol–water partition coefficient (Wildman–Crippen LogP) is 3.29. The Hall–Kier alpha value is -1.93. The van der Waals surface area contributed by atoms with Crippen molar-refractivity contribution in [2.24, 2.45) is 0 Å². The molecule has 1 fully saturated rings. The largest absolute Gasteiger partial charge is 0.496 e. The van der Waals surface area contributed by atoms with Gasteiger partial charge in [-0.3, -0.25) is 14.6 Å². The van der Waals surface area contributed by atoms with Gasteiger partial charge in [0.1, 0.15) is 10.8 Å². The molecule has 1 aromatic carbocycles. The standard InChI is InChI=1S/C24H33N3O3S/c1-17(29)25-24-22(19-8-4-6-10-21(19)31-24)23(18-7-3-5-9-20(18)30-2)27-13-11-26(12-14-27)15-16-28/h3,5,7,9,23,28H,4,6,8,10-16H2,1-2H3,(H,25,29)/t23-/m1/s1. The smallest absolute Gasteiger partial charge is 0.221 e. The number of nitrogens with one attached hydrogen (secondary N) is 1. The Kier molecular flexibility index (Phi) is 7.27. The number of aliphatic hydroxyl groups excluding tert-OH is 1. The number of thiophene rings is 1. The Balaban J connectivity index is 1.80. The highest BCUT2D eigenvalue weighted by atomic mass is 32.1. The number of rotatable bonds is 7. The minimum atomic E-state index is -0.0219. The van der Waals surface area contributed by atoms with Crippen LogP contribution in [0.2, 0.25) is 0 Å². The fourth-order valence-electron chi connectivity index (χ4n) is 4.95. The Labute approximate surface area is 188 Å². The lowest BCUT2D eigenvalue weighted by atomic mass is 9.88. The van der Waals surface area contributed by atoms with E-state index < -0.39 is 0 Å². The summed E-state index contributed by atoms with van der Waals surface area (Å²) in [4.78, 5) is 18.3. The number of fused-ring (bicyclic) bond motifs is 1.